The lowest BCUT2D eigenvalue weighted by molar-refractivity contribution is 0.109. The van der Waals surface area contributed by atoms with Gasteiger partial charge in [-0.2, -0.15) is 0 Å². The number of aliphatic hydroxyl groups is 1. The fourth-order valence-corrected chi connectivity index (χ4v) is 2.86. The Kier molecular flexibility index (Phi) is 5.96. The van der Waals surface area contributed by atoms with Gasteiger partial charge in [-0.25, -0.2) is 0 Å². The minimum Gasteiger partial charge on any atom is -0.496 e. The van der Waals surface area contributed by atoms with Crippen molar-refractivity contribution < 1.29 is 9.84 Å². The van der Waals surface area contributed by atoms with Crippen LogP contribution in [0.1, 0.15) is 36.8 Å². The third kappa shape index (κ3) is 4.15. The molecule has 1 aromatic carbocycles. The molecule has 0 heterocycles. The van der Waals surface area contributed by atoms with Gasteiger partial charge in [-0.05, 0) is 37.0 Å². The highest BCUT2D eigenvalue weighted by atomic mass is 32.1. The highest BCUT2D eigenvalue weighted by molar-refractivity contribution is 7.80. The third-order valence-electron chi connectivity index (χ3n) is 4.11. The van der Waals surface area contributed by atoms with Crippen LogP contribution in [-0.2, 0) is 6.54 Å². The molecule has 0 amide bonds. The van der Waals surface area contributed by atoms with Crippen molar-refractivity contribution >= 4 is 17.2 Å². The second-order valence-corrected chi connectivity index (χ2v) is 5.97. The number of hydrogen-bond donors (Lipinski definition) is 2. The Morgan fingerprint density at radius 2 is 2.24 bits per heavy atom. The Morgan fingerprint density at radius 1 is 1.48 bits per heavy atom. The van der Waals surface area contributed by atoms with Crippen molar-refractivity contribution in [1.29, 1.82) is 0 Å². The van der Waals surface area contributed by atoms with Gasteiger partial charge in [0.15, 0.2) is 0 Å². The van der Waals surface area contributed by atoms with Crippen molar-refractivity contribution in [3.63, 3.8) is 0 Å². The van der Waals surface area contributed by atoms with E-state index in [9.17, 15) is 0 Å². The van der Waals surface area contributed by atoms with Crippen LogP contribution in [0.25, 0.3) is 0 Å². The first-order chi connectivity index (χ1) is 10.2. The molecular weight excluding hydrogens is 284 g/mol. The lowest BCUT2D eigenvalue weighted by atomic mass is 9.91. The van der Waals surface area contributed by atoms with Crippen molar-refractivity contribution in [2.24, 2.45) is 5.73 Å². The molecule has 1 fully saturated rings. The van der Waals surface area contributed by atoms with Gasteiger partial charge in [-0.1, -0.05) is 24.7 Å². The number of rotatable bonds is 8. The lowest BCUT2D eigenvalue weighted by Crippen LogP contribution is -2.40. The number of methoxy groups -OCH3 is 1. The van der Waals surface area contributed by atoms with Crippen LogP contribution in [0.4, 0.5) is 0 Å². The molecule has 1 aliphatic rings. The summed E-state index contributed by atoms with van der Waals surface area (Å²) in [7, 11) is 1.62. The summed E-state index contributed by atoms with van der Waals surface area (Å²) >= 11 is 5.10. The zero-order valence-electron chi connectivity index (χ0n) is 12.5. The Hall–Kier alpha value is -1.17. The van der Waals surface area contributed by atoms with Crippen LogP contribution in [-0.4, -0.2) is 41.3 Å². The van der Waals surface area contributed by atoms with Crippen LogP contribution in [0.3, 0.4) is 0 Å². The molecule has 1 saturated carbocycles. The molecule has 0 unspecified atom stereocenters. The molecule has 1 aromatic rings. The van der Waals surface area contributed by atoms with Crippen LogP contribution in [0.5, 0.6) is 5.75 Å². The first-order valence-electron chi connectivity index (χ1n) is 7.47. The van der Waals surface area contributed by atoms with Gasteiger partial charge in [0.2, 0.25) is 0 Å². The summed E-state index contributed by atoms with van der Waals surface area (Å²) in [6.45, 7) is 2.03. The molecule has 0 bridgehead atoms. The molecule has 0 spiro atoms. The maximum atomic E-state index is 9.06. The predicted molar refractivity (Wildman–Crippen MR) is 88.6 cm³/mol. The van der Waals surface area contributed by atoms with Crippen molar-refractivity contribution in [2.45, 2.75) is 38.3 Å². The van der Waals surface area contributed by atoms with E-state index in [0.717, 1.165) is 30.8 Å². The van der Waals surface area contributed by atoms with Gasteiger partial charge < -0.3 is 15.6 Å². The molecule has 21 heavy (non-hydrogen) atoms. The fraction of sp³-hybridized carbons (Fsp3) is 0.562. The number of hydrogen-bond acceptors (Lipinski definition) is 4. The number of nitrogens with zero attached hydrogens (tertiary/aromatic N) is 1. The zero-order chi connectivity index (χ0) is 15.2. The number of ether oxygens (including phenoxy) is 1. The van der Waals surface area contributed by atoms with E-state index in [1.54, 1.807) is 7.11 Å². The minimum absolute atomic E-state index is 0.240. The molecule has 1 aliphatic carbocycles. The number of thiocarbonyl (C=S) groups is 1. The van der Waals surface area contributed by atoms with Crippen molar-refractivity contribution in [3.8, 4) is 5.75 Å². The minimum atomic E-state index is 0.240. The van der Waals surface area contributed by atoms with Crippen LogP contribution in [0, 0.1) is 0 Å². The van der Waals surface area contributed by atoms with Gasteiger partial charge in [0.05, 0.1) is 12.7 Å². The molecule has 5 heteroatoms. The molecule has 0 atom stereocenters. The first kappa shape index (κ1) is 16.2. The van der Waals surface area contributed by atoms with Crippen molar-refractivity contribution in [2.75, 3.05) is 20.3 Å². The molecule has 2 rings (SSSR count). The summed E-state index contributed by atoms with van der Waals surface area (Å²) in [5, 5.41) is 9.06. The fourth-order valence-electron chi connectivity index (χ4n) is 2.70. The van der Waals surface area contributed by atoms with Gasteiger partial charge in [0, 0.05) is 25.7 Å². The third-order valence-corrected chi connectivity index (χ3v) is 4.33. The molecule has 0 saturated heterocycles. The summed E-state index contributed by atoms with van der Waals surface area (Å²) in [5.74, 6) is 0.719. The standard InChI is InChI=1S/C16H24N2O2S/c1-20-15-7-6-12(10-14(15)16(17)21)11-18(8-3-9-19)13-4-2-5-13/h6-7,10,13,19H,2-5,8-9,11H2,1H3,(H2,17,21). The van der Waals surface area contributed by atoms with E-state index in [0.29, 0.717) is 11.0 Å². The summed E-state index contributed by atoms with van der Waals surface area (Å²) in [4.78, 5) is 2.81. The average Bonchev–Trinajstić information content (AvgIpc) is 2.42. The van der Waals surface area contributed by atoms with Gasteiger partial charge in [0.1, 0.15) is 10.7 Å². The highest BCUT2D eigenvalue weighted by Gasteiger charge is 2.24. The topological polar surface area (TPSA) is 58.7 Å². The summed E-state index contributed by atoms with van der Waals surface area (Å²) in [6, 6.07) is 6.65. The number of aliphatic hydroxyl groups excluding tert-OH is 1. The van der Waals surface area contributed by atoms with Gasteiger partial charge in [-0.3, -0.25) is 4.90 Å². The molecule has 3 N–H and O–H groups in total. The van der Waals surface area contributed by atoms with E-state index in [1.807, 2.05) is 12.1 Å². The second-order valence-electron chi connectivity index (χ2n) is 5.53. The highest BCUT2D eigenvalue weighted by Crippen LogP contribution is 2.27. The maximum Gasteiger partial charge on any atom is 0.129 e. The van der Waals surface area contributed by atoms with Gasteiger partial charge in [0.25, 0.3) is 0 Å². The Balaban J connectivity index is 2.12. The summed E-state index contributed by atoms with van der Waals surface area (Å²) < 4.78 is 5.30. The first-order valence-corrected chi connectivity index (χ1v) is 7.88. The largest absolute Gasteiger partial charge is 0.496 e. The Labute approximate surface area is 131 Å². The van der Waals surface area contributed by atoms with E-state index < -0.39 is 0 Å². The van der Waals surface area contributed by atoms with Gasteiger partial charge in [-0.15, -0.1) is 0 Å². The normalized spacial score (nSPS) is 15.0. The molecule has 0 aliphatic heterocycles. The average molecular weight is 308 g/mol. The number of nitrogens with two attached hydrogens (primary N) is 1. The zero-order valence-corrected chi connectivity index (χ0v) is 13.4. The van der Waals surface area contributed by atoms with Crippen LogP contribution < -0.4 is 10.5 Å². The summed E-state index contributed by atoms with van der Waals surface area (Å²) in [5.41, 5.74) is 7.75. The van der Waals surface area contributed by atoms with E-state index in [4.69, 9.17) is 27.8 Å². The van der Waals surface area contributed by atoms with E-state index in [2.05, 4.69) is 11.0 Å². The number of benzene rings is 1. The van der Waals surface area contributed by atoms with Crippen molar-refractivity contribution in [3.05, 3.63) is 29.3 Å². The van der Waals surface area contributed by atoms with Crippen LogP contribution in [0.15, 0.2) is 18.2 Å². The Bertz CT molecular complexity index is 489. The molecule has 0 radical (unpaired) electrons. The molecule has 116 valence electrons. The van der Waals surface area contributed by atoms with E-state index >= 15 is 0 Å². The monoisotopic (exact) mass is 308 g/mol. The van der Waals surface area contributed by atoms with E-state index in [1.165, 1.54) is 24.8 Å². The van der Waals surface area contributed by atoms with Crippen molar-refractivity contribution in [1.82, 2.24) is 4.90 Å². The smallest absolute Gasteiger partial charge is 0.129 e. The quantitative estimate of drug-likeness (QED) is 0.720. The summed E-state index contributed by atoms with van der Waals surface area (Å²) in [6.07, 6.45) is 4.63. The maximum absolute atomic E-state index is 9.06. The molecule has 4 nitrogen and oxygen atoms in total. The predicted octanol–water partition coefficient (Wildman–Crippen LogP) is 2.07. The van der Waals surface area contributed by atoms with Gasteiger partial charge >= 0.3 is 0 Å². The Morgan fingerprint density at radius 3 is 2.76 bits per heavy atom. The van der Waals surface area contributed by atoms with Crippen LogP contribution >= 0.6 is 12.2 Å². The second kappa shape index (κ2) is 7.73. The molecule has 0 aromatic heterocycles. The molecular formula is C16H24N2O2S. The van der Waals surface area contributed by atoms with E-state index in [-0.39, 0.29) is 6.61 Å². The van der Waals surface area contributed by atoms with Crippen LogP contribution in [0.2, 0.25) is 0 Å². The lowest BCUT2D eigenvalue weighted by Gasteiger charge is -2.37. The SMILES string of the molecule is COc1ccc(CN(CCCO)C2CCC2)cc1C(N)=S.